The summed E-state index contributed by atoms with van der Waals surface area (Å²) < 4.78 is 0. The molecule has 1 fully saturated rings. The number of piperazine rings is 1. The van der Waals surface area contributed by atoms with Gasteiger partial charge in [-0.25, -0.2) is 0 Å². The standard InChI is InChI=1S/C37H37ClN6O3/c1-42-18-20-44(21-19-42)24-33(45)43(2)30-15-13-29(14-16-30)40-35(34-31-17-12-28(38)22-32(31)41-37(34)47)26-10-8-25(9-11-26)23-39-36(46)27-6-4-3-5-7-27/h3-17,22,40H,18-21,23-24H2,1-2H3,(H,39,46)(H,41,47). The molecule has 2 heterocycles. The van der Waals surface area contributed by atoms with E-state index in [2.05, 4.69) is 32.8 Å². The maximum atomic E-state index is 13.4. The van der Waals surface area contributed by atoms with Crippen LogP contribution in [0, 0.1) is 0 Å². The monoisotopic (exact) mass is 648 g/mol. The number of nitrogens with zero attached hydrogens (tertiary/aromatic N) is 3. The van der Waals surface area contributed by atoms with Crippen molar-refractivity contribution >= 4 is 57.7 Å². The van der Waals surface area contributed by atoms with Crippen molar-refractivity contribution in [2.45, 2.75) is 6.54 Å². The molecule has 0 aliphatic carbocycles. The number of likely N-dealkylation sites (N-methyl/N-ethyl adjacent to an activating group) is 2. The van der Waals surface area contributed by atoms with Gasteiger partial charge < -0.3 is 25.8 Å². The van der Waals surface area contributed by atoms with Crippen LogP contribution in [-0.4, -0.2) is 74.3 Å². The van der Waals surface area contributed by atoms with Crippen molar-refractivity contribution < 1.29 is 14.4 Å². The molecular formula is C37H37ClN6O3. The summed E-state index contributed by atoms with van der Waals surface area (Å²) in [5.41, 5.74) is 6.34. The zero-order chi connectivity index (χ0) is 32.9. The highest BCUT2D eigenvalue weighted by atomic mass is 35.5. The molecule has 240 valence electrons. The minimum atomic E-state index is -0.241. The summed E-state index contributed by atoms with van der Waals surface area (Å²) in [5.74, 6) is -0.349. The van der Waals surface area contributed by atoms with Crippen LogP contribution in [0.5, 0.6) is 0 Å². The number of hydrogen-bond acceptors (Lipinski definition) is 6. The summed E-state index contributed by atoms with van der Waals surface area (Å²) in [4.78, 5) is 45.1. The first-order valence-electron chi connectivity index (χ1n) is 15.6. The van der Waals surface area contributed by atoms with Gasteiger partial charge >= 0.3 is 0 Å². The maximum Gasteiger partial charge on any atom is 0.258 e. The Balaban J connectivity index is 1.22. The Bertz CT molecular complexity index is 1800. The van der Waals surface area contributed by atoms with Crippen molar-refractivity contribution in [3.63, 3.8) is 0 Å². The second-order valence-corrected chi connectivity index (χ2v) is 12.3. The van der Waals surface area contributed by atoms with Gasteiger partial charge in [-0.3, -0.25) is 19.3 Å². The fourth-order valence-corrected chi connectivity index (χ4v) is 5.87. The predicted molar refractivity (Wildman–Crippen MR) is 188 cm³/mol. The first-order chi connectivity index (χ1) is 22.7. The fraction of sp³-hybridized carbons (Fsp3) is 0.216. The predicted octanol–water partition coefficient (Wildman–Crippen LogP) is 5.41. The van der Waals surface area contributed by atoms with E-state index < -0.39 is 0 Å². The van der Waals surface area contributed by atoms with Gasteiger partial charge in [0, 0.05) is 67.3 Å². The van der Waals surface area contributed by atoms with Gasteiger partial charge in [0.1, 0.15) is 0 Å². The molecule has 0 saturated carbocycles. The lowest BCUT2D eigenvalue weighted by Crippen LogP contribution is -2.48. The quantitative estimate of drug-likeness (QED) is 0.210. The van der Waals surface area contributed by atoms with Crippen LogP contribution in [-0.2, 0) is 16.1 Å². The Labute approximate surface area is 279 Å². The van der Waals surface area contributed by atoms with E-state index in [0.717, 1.165) is 54.2 Å². The molecule has 0 radical (unpaired) electrons. The average molecular weight is 649 g/mol. The highest BCUT2D eigenvalue weighted by molar-refractivity contribution is 6.38. The minimum absolute atomic E-state index is 0.0380. The van der Waals surface area contributed by atoms with E-state index in [0.29, 0.717) is 40.6 Å². The topological polar surface area (TPSA) is 97.0 Å². The Morgan fingerprint density at radius 1 is 0.872 bits per heavy atom. The van der Waals surface area contributed by atoms with Gasteiger partial charge in [0.25, 0.3) is 11.8 Å². The van der Waals surface area contributed by atoms with Crippen molar-refractivity contribution in [3.05, 3.63) is 124 Å². The molecule has 3 amide bonds. The van der Waals surface area contributed by atoms with Crippen molar-refractivity contribution in [2.24, 2.45) is 0 Å². The molecule has 0 atom stereocenters. The Kier molecular flexibility index (Phi) is 9.68. The number of halogens is 1. The number of carbonyl (C=O) groups is 3. The number of anilines is 3. The number of carbonyl (C=O) groups excluding carboxylic acids is 3. The average Bonchev–Trinajstić information content (AvgIpc) is 3.41. The van der Waals surface area contributed by atoms with Gasteiger partial charge in [-0.05, 0) is 66.7 Å². The molecule has 4 aromatic rings. The van der Waals surface area contributed by atoms with Crippen LogP contribution in [0.25, 0.3) is 11.3 Å². The van der Waals surface area contributed by atoms with Crippen LogP contribution in [0.2, 0.25) is 5.02 Å². The van der Waals surface area contributed by atoms with E-state index in [1.54, 1.807) is 36.2 Å². The molecule has 0 unspecified atom stereocenters. The van der Waals surface area contributed by atoms with Crippen molar-refractivity contribution in [1.82, 2.24) is 15.1 Å². The van der Waals surface area contributed by atoms with Gasteiger partial charge in [-0.2, -0.15) is 0 Å². The second kappa shape index (κ2) is 14.2. The van der Waals surface area contributed by atoms with E-state index in [1.807, 2.05) is 72.8 Å². The first-order valence-corrected chi connectivity index (χ1v) is 16.0. The van der Waals surface area contributed by atoms with Gasteiger partial charge in [0.2, 0.25) is 5.91 Å². The molecule has 9 nitrogen and oxygen atoms in total. The lowest BCUT2D eigenvalue weighted by Gasteiger charge is -2.32. The summed E-state index contributed by atoms with van der Waals surface area (Å²) in [7, 11) is 3.89. The molecule has 0 aromatic heterocycles. The normalized spacial score (nSPS) is 15.9. The number of nitrogens with one attached hydrogen (secondary N) is 3. The zero-order valence-electron chi connectivity index (χ0n) is 26.4. The van der Waals surface area contributed by atoms with Crippen LogP contribution in [0.1, 0.15) is 27.0 Å². The zero-order valence-corrected chi connectivity index (χ0v) is 27.2. The first kappa shape index (κ1) is 32.0. The fourth-order valence-electron chi connectivity index (χ4n) is 5.70. The third-order valence-electron chi connectivity index (χ3n) is 8.56. The molecule has 3 N–H and O–H groups in total. The molecule has 1 saturated heterocycles. The molecular weight excluding hydrogens is 612 g/mol. The smallest absolute Gasteiger partial charge is 0.258 e. The van der Waals surface area contributed by atoms with Crippen LogP contribution in [0.4, 0.5) is 17.1 Å². The van der Waals surface area contributed by atoms with Crippen LogP contribution < -0.4 is 20.9 Å². The molecule has 6 rings (SSSR count). The van der Waals surface area contributed by atoms with E-state index in [-0.39, 0.29) is 17.7 Å². The summed E-state index contributed by atoms with van der Waals surface area (Å²) in [5, 5.41) is 9.90. The summed E-state index contributed by atoms with van der Waals surface area (Å²) in [6.07, 6.45) is 0. The van der Waals surface area contributed by atoms with Gasteiger partial charge in [-0.1, -0.05) is 60.1 Å². The van der Waals surface area contributed by atoms with Crippen LogP contribution in [0.15, 0.2) is 97.1 Å². The molecule has 47 heavy (non-hydrogen) atoms. The van der Waals surface area contributed by atoms with E-state index in [4.69, 9.17) is 11.6 Å². The van der Waals surface area contributed by atoms with E-state index in [1.165, 1.54) is 0 Å². The number of hydrogen-bond donors (Lipinski definition) is 3. The molecule has 10 heteroatoms. The molecule has 0 bridgehead atoms. The third-order valence-corrected chi connectivity index (χ3v) is 8.80. The molecule has 4 aromatic carbocycles. The number of benzene rings is 4. The Hall–Kier alpha value is -4.96. The Morgan fingerprint density at radius 2 is 1.57 bits per heavy atom. The molecule has 2 aliphatic heterocycles. The Morgan fingerprint density at radius 3 is 2.28 bits per heavy atom. The highest BCUT2D eigenvalue weighted by Gasteiger charge is 2.29. The molecule has 2 aliphatic rings. The van der Waals surface area contributed by atoms with E-state index >= 15 is 0 Å². The van der Waals surface area contributed by atoms with E-state index in [9.17, 15) is 14.4 Å². The largest absolute Gasteiger partial charge is 0.354 e. The van der Waals surface area contributed by atoms with Gasteiger partial charge in [0.05, 0.1) is 23.5 Å². The summed E-state index contributed by atoms with van der Waals surface area (Å²) in [6.45, 7) is 4.41. The third kappa shape index (κ3) is 7.55. The number of amides is 3. The second-order valence-electron chi connectivity index (χ2n) is 11.8. The highest BCUT2D eigenvalue weighted by Crippen LogP contribution is 2.39. The summed E-state index contributed by atoms with van der Waals surface area (Å²) >= 11 is 6.23. The van der Waals surface area contributed by atoms with Crippen LogP contribution in [0.3, 0.4) is 0 Å². The van der Waals surface area contributed by atoms with Crippen molar-refractivity contribution in [3.8, 4) is 0 Å². The van der Waals surface area contributed by atoms with Crippen molar-refractivity contribution in [1.29, 1.82) is 0 Å². The summed E-state index contributed by atoms with van der Waals surface area (Å²) in [6, 6.07) is 29.7. The van der Waals surface area contributed by atoms with Gasteiger partial charge in [0.15, 0.2) is 0 Å². The van der Waals surface area contributed by atoms with Crippen LogP contribution >= 0.6 is 11.6 Å². The van der Waals surface area contributed by atoms with Crippen molar-refractivity contribution in [2.75, 3.05) is 62.4 Å². The number of rotatable bonds is 9. The number of fused-ring (bicyclic) bond motifs is 1. The lowest BCUT2D eigenvalue weighted by atomic mass is 9.99. The van der Waals surface area contributed by atoms with Gasteiger partial charge in [-0.15, -0.1) is 0 Å². The maximum absolute atomic E-state index is 13.4. The lowest BCUT2D eigenvalue weighted by molar-refractivity contribution is -0.119. The molecule has 0 spiro atoms. The SMILES string of the molecule is CN1CCN(CC(=O)N(C)c2ccc(NC(=C3C(=O)Nc4cc(Cl)ccc43)c3ccc(CNC(=O)c4ccccc4)cc3)cc2)CC1. The minimum Gasteiger partial charge on any atom is -0.354 e.